The number of aliphatic hydroxyl groups is 3. The Morgan fingerprint density at radius 3 is 2.54 bits per heavy atom. The van der Waals surface area contributed by atoms with E-state index in [0.717, 1.165) is 16.8 Å². The Morgan fingerprint density at radius 1 is 1.25 bits per heavy atom. The summed E-state index contributed by atoms with van der Waals surface area (Å²) in [6.45, 7) is 1.22. The van der Waals surface area contributed by atoms with E-state index in [1.165, 1.54) is 12.1 Å². The summed E-state index contributed by atoms with van der Waals surface area (Å²) in [7, 11) is 0. The van der Waals surface area contributed by atoms with Gasteiger partial charge in [0.25, 0.3) is 0 Å². The SMILES string of the molecule is CCc1nc(C(O)CC(O)CO)n(-c2cccc(C(F)(F)F)c2)n1. The first kappa shape index (κ1) is 18.4. The number of hydrogen-bond acceptors (Lipinski definition) is 5. The van der Waals surface area contributed by atoms with Gasteiger partial charge >= 0.3 is 6.18 Å². The van der Waals surface area contributed by atoms with E-state index in [9.17, 15) is 23.4 Å². The molecule has 2 unspecified atom stereocenters. The third kappa shape index (κ3) is 4.11. The number of nitrogens with zero attached hydrogens (tertiary/aromatic N) is 3. The van der Waals surface area contributed by atoms with Crippen LogP contribution in [0.15, 0.2) is 24.3 Å². The van der Waals surface area contributed by atoms with Crippen molar-refractivity contribution in [1.82, 2.24) is 14.8 Å². The Bertz CT molecular complexity index is 688. The highest BCUT2D eigenvalue weighted by molar-refractivity contribution is 5.37. The van der Waals surface area contributed by atoms with E-state index in [1.54, 1.807) is 6.92 Å². The molecule has 0 aliphatic carbocycles. The zero-order valence-corrected chi connectivity index (χ0v) is 12.9. The molecule has 0 fully saturated rings. The number of aromatic nitrogens is 3. The second kappa shape index (κ2) is 7.29. The van der Waals surface area contributed by atoms with Crippen LogP contribution in [-0.2, 0) is 12.6 Å². The second-order valence-electron chi connectivity index (χ2n) is 5.29. The summed E-state index contributed by atoms with van der Waals surface area (Å²) in [5.74, 6) is 0.360. The van der Waals surface area contributed by atoms with Crippen LogP contribution in [0.2, 0.25) is 0 Å². The lowest BCUT2D eigenvalue weighted by atomic mass is 10.1. The Morgan fingerprint density at radius 2 is 1.96 bits per heavy atom. The van der Waals surface area contributed by atoms with E-state index in [1.807, 2.05) is 0 Å². The van der Waals surface area contributed by atoms with Crippen molar-refractivity contribution in [2.24, 2.45) is 0 Å². The van der Waals surface area contributed by atoms with Crippen LogP contribution in [-0.4, -0.2) is 42.8 Å². The molecule has 0 radical (unpaired) electrons. The zero-order chi connectivity index (χ0) is 17.9. The van der Waals surface area contributed by atoms with Crippen LogP contribution < -0.4 is 0 Å². The molecule has 6 nitrogen and oxygen atoms in total. The lowest BCUT2D eigenvalue weighted by molar-refractivity contribution is -0.137. The molecule has 1 heterocycles. The molecule has 9 heteroatoms. The minimum absolute atomic E-state index is 0.0127. The highest BCUT2D eigenvalue weighted by atomic mass is 19.4. The van der Waals surface area contributed by atoms with Crippen LogP contribution in [0.4, 0.5) is 13.2 Å². The number of halogens is 3. The molecule has 0 aliphatic heterocycles. The molecule has 0 amide bonds. The van der Waals surface area contributed by atoms with Crippen molar-refractivity contribution >= 4 is 0 Å². The molecule has 2 rings (SSSR count). The number of alkyl halides is 3. The van der Waals surface area contributed by atoms with Gasteiger partial charge in [-0.1, -0.05) is 13.0 Å². The third-order valence-electron chi connectivity index (χ3n) is 3.41. The molecule has 0 bridgehead atoms. The highest BCUT2D eigenvalue weighted by Crippen LogP contribution is 2.31. The maximum atomic E-state index is 12.9. The molecule has 132 valence electrons. The lowest BCUT2D eigenvalue weighted by Gasteiger charge is -2.15. The first-order chi connectivity index (χ1) is 11.3. The summed E-state index contributed by atoms with van der Waals surface area (Å²) in [5.41, 5.74) is -0.742. The molecule has 3 N–H and O–H groups in total. The minimum atomic E-state index is -4.50. The van der Waals surface area contributed by atoms with Crippen molar-refractivity contribution in [1.29, 1.82) is 0 Å². The molecule has 1 aromatic heterocycles. The van der Waals surface area contributed by atoms with Crippen molar-refractivity contribution in [3.8, 4) is 5.69 Å². The molecule has 0 spiro atoms. The zero-order valence-electron chi connectivity index (χ0n) is 12.9. The monoisotopic (exact) mass is 345 g/mol. The summed E-state index contributed by atoms with van der Waals surface area (Å²) < 4.78 is 39.8. The van der Waals surface area contributed by atoms with Crippen molar-refractivity contribution < 1.29 is 28.5 Å². The van der Waals surface area contributed by atoms with Gasteiger partial charge in [-0.05, 0) is 18.2 Å². The Kier molecular flexibility index (Phi) is 5.58. The topological polar surface area (TPSA) is 91.4 Å². The van der Waals surface area contributed by atoms with Gasteiger partial charge in [-0.25, -0.2) is 9.67 Å². The van der Waals surface area contributed by atoms with Gasteiger partial charge in [-0.3, -0.25) is 0 Å². The van der Waals surface area contributed by atoms with E-state index >= 15 is 0 Å². The van der Waals surface area contributed by atoms with Crippen LogP contribution in [0.3, 0.4) is 0 Å². The van der Waals surface area contributed by atoms with Crippen LogP contribution in [0.1, 0.15) is 36.7 Å². The van der Waals surface area contributed by atoms with E-state index in [-0.39, 0.29) is 17.9 Å². The molecule has 24 heavy (non-hydrogen) atoms. The maximum Gasteiger partial charge on any atom is 0.416 e. The van der Waals surface area contributed by atoms with E-state index in [4.69, 9.17) is 5.11 Å². The Hall–Kier alpha value is -1.97. The van der Waals surface area contributed by atoms with Gasteiger partial charge < -0.3 is 15.3 Å². The Labute approximate surface area is 136 Å². The maximum absolute atomic E-state index is 12.9. The van der Waals surface area contributed by atoms with E-state index in [2.05, 4.69) is 10.1 Å². The number of aryl methyl sites for hydroxylation is 1. The molecule has 0 saturated carbocycles. The molecule has 0 saturated heterocycles. The summed E-state index contributed by atoms with van der Waals surface area (Å²) in [4.78, 5) is 4.11. The predicted octanol–water partition coefficient (Wildman–Crippen LogP) is 1.63. The molecule has 1 aromatic carbocycles. The molecular formula is C15H18F3N3O3. The average Bonchev–Trinajstić information content (AvgIpc) is 2.98. The highest BCUT2D eigenvalue weighted by Gasteiger charge is 2.31. The molecule has 2 aromatic rings. The van der Waals surface area contributed by atoms with Gasteiger partial charge in [0.1, 0.15) is 6.10 Å². The fourth-order valence-corrected chi connectivity index (χ4v) is 2.18. The number of aliphatic hydroxyl groups excluding tert-OH is 3. The van der Waals surface area contributed by atoms with Crippen LogP contribution >= 0.6 is 0 Å². The van der Waals surface area contributed by atoms with Crippen molar-refractivity contribution in [3.63, 3.8) is 0 Å². The quantitative estimate of drug-likeness (QED) is 0.740. The molecular weight excluding hydrogens is 327 g/mol. The number of rotatable bonds is 6. The van der Waals surface area contributed by atoms with Crippen LogP contribution in [0.5, 0.6) is 0 Å². The van der Waals surface area contributed by atoms with Gasteiger partial charge in [0.2, 0.25) is 0 Å². The largest absolute Gasteiger partial charge is 0.416 e. The van der Waals surface area contributed by atoms with Crippen LogP contribution in [0.25, 0.3) is 5.69 Å². The standard InChI is InChI=1S/C15H18F3N3O3/c1-2-13-19-14(12(24)7-11(23)8-22)21(20-13)10-5-3-4-9(6-10)15(16,17)18/h3-6,11-12,22-24H,2,7-8H2,1H3. The fourth-order valence-electron chi connectivity index (χ4n) is 2.18. The summed E-state index contributed by atoms with van der Waals surface area (Å²) in [6, 6.07) is 4.51. The smallest absolute Gasteiger partial charge is 0.394 e. The average molecular weight is 345 g/mol. The normalized spacial score (nSPS) is 14.6. The minimum Gasteiger partial charge on any atom is -0.394 e. The Balaban J connectivity index is 2.44. The predicted molar refractivity (Wildman–Crippen MR) is 78.4 cm³/mol. The van der Waals surface area contributed by atoms with Gasteiger partial charge in [0, 0.05) is 12.8 Å². The summed E-state index contributed by atoms with van der Waals surface area (Å²) in [6.07, 6.45) is -6.74. The van der Waals surface area contributed by atoms with Crippen molar-refractivity contribution in [2.45, 2.75) is 38.1 Å². The first-order valence-corrected chi connectivity index (χ1v) is 7.36. The van der Waals surface area contributed by atoms with E-state index < -0.39 is 30.6 Å². The van der Waals surface area contributed by atoms with Gasteiger partial charge in [0.15, 0.2) is 11.6 Å². The lowest BCUT2D eigenvalue weighted by Crippen LogP contribution is -2.19. The van der Waals surface area contributed by atoms with Gasteiger partial charge in [0.05, 0.1) is 24.0 Å². The summed E-state index contributed by atoms with van der Waals surface area (Å²) >= 11 is 0. The summed E-state index contributed by atoms with van der Waals surface area (Å²) in [5, 5.41) is 32.6. The first-order valence-electron chi connectivity index (χ1n) is 7.36. The number of hydrogen-bond donors (Lipinski definition) is 3. The molecule has 0 aliphatic rings. The third-order valence-corrected chi connectivity index (χ3v) is 3.41. The number of benzene rings is 1. The van der Waals surface area contributed by atoms with E-state index in [0.29, 0.717) is 12.2 Å². The van der Waals surface area contributed by atoms with Crippen LogP contribution in [0, 0.1) is 0 Å². The second-order valence-corrected chi connectivity index (χ2v) is 5.29. The van der Waals surface area contributed by atoms with Crippen molar-refractivity contribution in [3.05, 3.63) is 41.5 Å². The molecule has 2 atom stereocenters. The van der Waals surface area contributed by atoms with Crippen molar-refractivity contribution in [2.75, 3.05) is 6.61 Å². The van der Waals surface area contributed by atoms with Gasteiger partial charge in [-0.15, -0.1) is 0 Å². The van der Waals surface area contributed by atoms with Gasteiger partial charge in [-0.2, -0.15) is 18.3 Å². The fraction of sp³-hybridized carbons (Fsp3) is 0.467.